The Morgan fingerprint density at radius 2 is 1.95 bits per heavy atom. The van der Waals surface area contributed by atoms with Crippen LogP contribution in [0.5, 0.6) is 11.8 Å². The second-order valence-corrected chi connectivity index (χ2v) is 5.52. The molecule has 0 fully saturated rings. The lowest BCUT2D eigenvalue weighted by Gasteiger charge is -2.11. The van der Waals surface area contributed by atoms with E-state index < -0.39 is 0 Å². The van der Waals surface area contributed by atoms with Crippen LogP contribution < -0.4 is 10.1 Å². The molecule has 21 heavy (non-hydrogen) atoms. The molecule has 0 unspecified atom stereocenters. The number of rotatable bonds is 5. The van der Waals surface area contributed by atoms with E-state index in [2.05, 4.69) is 34.2 Å². The van der Waals surface area contributed by atoms with Crippen LogP contribution in [0.4, 0.5) is 0 Å². The van der Waals surface area contributed by atoms with Crippen LogP contribution in [0, 0.1) is 20.8 Å². The molecular weight excluding hydrogens is 266 g/mol. The summed E-state index contributed by atoms with van der Waals surface area (Å²) >= 11 is 0. The van der Waals surface area contributed by atoms with Crippen LogP contribution in [-0.2, 0) is 13.6 Å². The largest absolute Gasteiger partial charge is 0.420 e. The van der Waals surface area contributed by atoms with Gasteiger partial charge in [-0.2, -0.15) is 10.1 Å². The number of hydrogen-bond donors (Lipinski definition) is 1. The molecule has 1 N–H and O–H groups in total. The third kappa shape index (κ3) is 3.58. The van der Waals surface area contributed by atoms with Gasteiger partial charge in [0.1, 0.15) is 5.69 Å². The van der Waals surface area contributed by atoms with E-state index in [1.807, 2.05) is 34.0 Å². The zero-order valence-corrected chi connectivity index (χ0v) is 13.6. The highest BCUT2D eigenvalue weighted by molar-refractivity contribution is 5.34. The second-order valence-electron chi connectivity index (χ2n) is 5.52. The first-order valence-corrected chi connectivity index (χ1v) is 7.12. The number of aryl methyl sites for hydroxylation is 3. The average Bonchev–Trinajstić information content (AvgIpc) is 2.64. The van der Waals surface area contributed by atoms with Gasteiger partial charge in [-0.3, -0.25) is 4.68 Å². The lowest BCUT2D eigenvalue weighted by atomic mass is 10.2. The molecule has 114 valence electrons. The second kappa shape index (κ2) is 6.22. The van der Waals surface area contributed by atoms with Crippen molar-refractivity contribution in [2.75, 3.05) is 0 Å². The molecule has 2 rings (SSSR count). The van der Waals surface area contributed by atoms with Crippen LogP contribution in [0.3, 0.4) is 0 Å². The van der Waals surface area contributed by atoms with Crippen molar-refractivity contribution in [1.82, 2.24) is 25.1 Å². The van der Waals surface area contributed by atoms with Crippen LogP contribution >= 0.6 is 0 Å². The van der Waals surface area contributed by atoms with Gasteiger partial charge >= 0.3 is 6.01 Å². The predicted octanol–water partition coefficient (Wildman–Crippen LogP) is 2.43. The Hall–Kier alpha value is -1.95. The van der Waals surface area contributed by atoms with E-state index in [0.717, 1.165) is 34.9 Å². The number of hydrogen-bond acceptors (Lipinski definition) is 5. The highest BCUT2D eigenvalue weighted by Gasteiger charge is 2.14. The van der Waals surface area contributed by atoms with E-state index in [1.54, 1.807) is 4.68 Å². The van der Waals surface area contributed by atoms with Crippen molar-refractivity contribution in [2.24, 2.45) is 7.05 Å². The van der Waals surface area contributed by atoms with Gasteiger partial charge in [-0.1, -0.05) is 13.8 Å². The molecule has 0 radical (unpaired) electrons. The smallest absolute Gasteiger partial charge is 0.322 e. The molecule has 2 heterocycles. The normalized spacial score (nSPS) is 11.2. The highest BCUT2D eigenvalue weighted by Crippen LogP contribution is 2.26. The maximum atomic E-state index is 5.80. The molecule has 2 aromatic rings. The summed E-state index contributed by atoms with van der Waals surface area (Å²) in [6.45, 7) is 10.8. The molecule has 0 spiro atoms. The number of nitrogens with zero attached hydrogens (tertiary/aromatic N) is 4. The molecule has 0 atom stereocenters. The van der Waals surface area contributed by atoms with Crippen molar-refractivity contribution in [3.05, 3.63) is 28.8 Å². The minimum atomic E-state index is 0.361. The van der Waals surface area contributed by atoms with Gasteiger partial charge in [0.25, 0.3) is 0 Å². The third-order valence-electron chi connectivity index (χ3n) is 3.40. The molecule has 0 saturated carbocycles. The van der Waals surface area contributed by atoms with Gasteiger partial charge in [0, 0.05) is 37.1 Å². The van der Waals surface area contributed by atoms with Crippen LogP contribution in [0.15, 0.2) is 6.20 Å². The minimum Gasteiger partial charge on any atom is -0.420 e. The van der Waals surface area contributed by atoms with Crippen LogP contribution in [-0.4, -0.2) is 25.8 Å². The monoisotopic (exact) mass is 289 g/mol. The average molecular weight is 289 g/mol. The zero-order valence-electron chi connectivity index (χ0n) is 13.6. The Bertz CT molecular complexity index is 633. The van der Waals surface area contributed by atoms with Crippen molar-refractivity contribution in [3.8, 4) is 11.8 Å². The fourth-order valence-electron chi connectivity index (χ4n) is 2.00. The van der Waals surface area contributed by atoms with Crippen molar-refractivity contribution in [3.63, 3.8) is 0 Å². The van der Waals surface area contributed by atoms with Gasteiger partial charge in [-0.25, -0.2) is 4.98 Å². The first kappa shape index (κ1) is 15.4. The lowest BCUT2D eigenvalue weighted by Crippen LogP contribution is -2.22. The summed E-state index contributed by atoms with van der Waals surface area (Å²) in [6, 6.07) is 0.793. The molecule has 0 amide bonds. The maximum Gasteiger partial charge on any atom is 0.322 e. The summed E-state index contributed by atoms with van der Waals surface area (Å²) in [5.41, 5.74) is 3.80. The van der Waals surface area contributed by atoms with Gasteiger partial charge < -0.3 is 10.1 Å². The fourth-order valence-corrected chi connectivity index (χ4v) is 2.00. The van der Waals surface area contributed by atoms with Gasteiger partial charge in [0.05, 0.1) is 5.69 Å². The van der Waals surface area contributed by atoms with E-state index in [4.69, 9.17) is 4.74 Å². The van der Waals surface area contributed by atoms with Gasteiger partial charge in [0.2, 0.25) is 0 Å². The molecule has 0 aliphatic carbocycles. The Labute approximate surface area is 125 Å². The molecule has 0 aromatic carbocycles. The van der Waals surface area contributed by atoms with Crippen molar-refractivity contribution >= 4 is 0 Å². The molecule has 0 aliphatic heterocycles. The SMILES string of the molecule is Cc1nc(Oc2c(C)nn(C)c2C)ncc1CNC(C)C. The standard InChI is InChI=1S/C15H23N5O/c1-9(2)16-7-13-8-17-15(18-10(13)3)21-14-11(4)19-20(6)12(14)5/h8-9,16H,7H2,1-6H3. The van der Waals surface area contributed by atoms with Gasteiger partial charge in [-0.05, 0) is 20.8 Å². The number of nitrogens with one attached hydrogen (secondary N) is 1. The third-order valence-corrected chi connectivity index (χ3v) is 3.40. The summed E-state index contributed by atoms with van der Waals surface area (Å²) in [4.78, 5) is 8.72. The van der Waals surface area contributed by atoms with E-state index in [9.17, 15) is 0 Å². The zero-order chi connectivity index (χ0) is 15.6. The predicted molar refractivity (Wildman–Crippen MR) is 81.5 cm³/mol. The van der Waals surface area contributed by atoms with E-state index in [0.29, 0.717) is 12.1 Å². The van der Waals surface area contributed by atoms with E-state index >= 15 is 0 Å². The Morgan fingerprint density at radius 3 is 2.48 bits per heavy atom. The van der Waals surface area contributed by atoms with Crippen LogP contribution in [0.1, 0.15) is 36.5 Å². The van der Waals surface area contributed by atoms with Crippen LogP contribution in [0.2, 0.25) is 0 Å². The molecule has 6 heteroatoms. The lowest BCUT2D eigenvalue weighted by molar-refractivity contribution is 0.432. The summed E-state index contributed by atoms with van der Waals surface area (Å²) in [7, 11) is 1.89. The van der Waals surface area contributed by atoms with E-state index in [-0.39, 0.29) is 0 Å². The molecule has 0 saturated heterocycles. The Balaban J connectivity index is 2.16. The summed E-state index contributed by atoms with van der Waals surface area (Å²) in [5, 5.41) is 7.68. The minimum absolute atomic E-state index is 0.361. The topological polar surface area (TPSA) is 64.9 Å². The molecule has 0 bridgehead atoms. The Kier molecular flexibility index (Phi) is 4.57. The molecule has 6 nitrogen and oxygen atoms in total. The fraction of sp³-hybridized carbons (Fsp3) is 0.533. The first-order chi connectivity index (χ1) is 9.88. The van der Waals surface area contributed by atoms with E-state index in [1.165, 1.54) is 0 Å². The molecule has 2 aromatic heterocycles. The van der Waals surface area contributed by atoms with Crippen molar-refractivity contribution in [2.45, 2.75) is 47.2 Å². The highest BCUT2D eigenvalue weighted by atomic mass is 16.5. The first-order valence-electron chi connectivity index (χ1n) is 7.12. The van der Waals surface area contributed by atoms with Crippen molar-refractivity contribution in [1.29, 1.82) is 0 Å². The summed E-state index contributed by atoms with van der Waals surface area (Å²) < 4.78 is 7.59. The van der Waals surface area contributed by atoms with Gasteiger partial charge in [-0.15, -0.1) is 0 Å². The van der Waals surface area contributed by atoms with Crippen LogP contribution in [0.25, 0.3) is 0 Å². The van der Waals surface area contributed by atoms with Crippen molar-refractivity contribution < 1.29 is 4.74 Å². The summed E-state index contributed by atoms with van der Waals surface area (Å²) in [6.07, 6.45) is 1.81. The number of aromatic nitrogens is 4. The maximum absolute atomic E-state index is 5.80. The molecule has 0 aliphatic rings. The molecular formula is C15H23N5O. The quantitative estimate of drug-likeness (QED) is 0.915. The Morgan fingerprint density at radius 1 is 1.24 bits per heavy atom. The van der Waals surface area contributed by atoms with Gasteiger partial charge in [0.15, 0.2) is 5.75 Å². The number of ether oxygens (including phenoxy) is 1. The summed E-state index contributed by atoms with van der Waals surface area (Å²) in [5.74, 6) is 0.727.